The molecule has 0 saturated heterocycles. The quantitative estimate of drug-likeness (QED) is 0.842. The molecule has 0 amide bonds. The highest BCUT2D eigenvalue weighted by atomic mass is 19.3. The first-order chi connectivity index (χ1) is 7.45. The number of ether oxygens (including phenoxy) is 2. The summed E-state index contributed by atoms with van der Waals surface area (Å²) in [6.07, 6.45) is -4.23. The molecule has 0 aromatic heterocycles. The second-order valence-electron chi connectivity index (χ2n) is 3.00. The molecule has 0 aliphatic rings. The molecule has 0 saturated carbocycles. The smallest absolute Gasteiger partial charge is 0.474 e. The minimum absolute atomic E-state index is 0.220. The van der Waals surface area contributed by atoms with Crippen LogP contribution < -0.4 is 4.74 Å². The van der Waals surface area contributed by atoms with Crippen LogP contribution in [0.1, 0.15) is 5.56 Å². The first-order valence-electron chi connectivity index (χ1n) is 4.34. The summed E-state index contributed by atoms with van der Waals surface area (Å²) in [5.74, 6) is -2.55. The zero-order valence-electron chi connectivity index (χ0n) is 8.44. The van der Waals surface area contributed by atoms with Gasteiger partial charge in [0.2, 0.25) is 0 Å². The number of hydrogen-bond donors (Lipinski definition) is 1. The van der Waals surface area contributed by atoms with Crippen molar-refractivity contribution in [1.29, 1.82) is 0 Å². The molecule has 0 aliphatic carbocycles. The van der Waals surface area contributed by atoms with Crippen molar-refractivity contribution in [2.75, 3.05) is 7.11 Å². The van der Waals surface area contributed by atoms with E-state index in [1.165, 1.54) is 25.3 Å². The molecule has 1 N–H and O–H groups in total. The van der Waals surface area contributed by atoms with Gasteiger partial charge < -0.3 is 14.6 Å². The van der Waals surface area contributed by atoms with Crippen molar-refractivity contribution in [3.63, 3.8) is 0 Å². The Morgan fingerprint density at radius 3 is 2.75 bits per heavy atom. The minimum atomic E-state index is -4.23. The molecule has 4 nitrogen and oxygen atoms in total. The minimum Gasteiger partial charge on any atom is -0.474 e. The van der Waals surface area contributed by atoms with E-state index in [0.29, 0.717) is 5.56 Å². The zero-order chi connectivity index (χ0) is 12.2. The summed E-state index contributed by atoms with van der Waals surface area (Å²) in [6, 6.07) is 5.66. The van der Waals surface area contributed by atoms with Crippen LogP contribution in [0.3, 0.4) is 0 Å². The fourth-order valence-corrected chi connectivity index (χ4v) is 1.06. The number of carboxylic acid groups (broad SMARTS) is 1. The van der Waals surface area contributed by atoms with Crippen LogP contribution in [0.2, 0.25) is 0 Å². The maximum absolute atomic E-state index is 12.7. The molecule has 6 heteroatoms. The van der Waals surface area contributed by atoms with Gasteiger partial charge in [0.25, 0.3) is 0 Å². The maximum atomic E-state index is 12.7. The molecule has 1 rings (SSSR count). The van der Waals surface area contributed by atoms with E-state index in [0.717, 1.165) is 0 Å². The highest BCUT2D eigenvalue weighted by molar-refractivity contribution is 5.73. The molecule has 0 radical (unpaired) electrons. The van der Waals surface area contributed by atoms with Crippen molar-refractivity contribution in [3.05, 3.63) is 29.8 Å². The molecule has 88 valence electrons. The van der Waals surface area contributed by atoms with Crippen LogP contribution in [0.15, 0.2) is 24.3 Å². The Morgan fingerprint density at radius 2 is 2.19 bits per heavy atom. The van der Waals surface area contributed by atoms with E-state index in [4.69, 9.17) is 9.84 Å². The second-order valence-corrected chi connectivity index (χ2v) is 3.00. The van der Waals surface area contributed by atoms with Crippen LogP contribution in [0.4, 0.5) is 8.78 Å². The Bertz CT molecular complexity index is 379. The summed E-state index contributed by atoms with van der Waals surface area (Å²) in [7, 11) is 1.46. The van der Waals surface area contributed by atoms with Gasteiger partial charge in [-0.3, -0.25) is 0 Å². The highest BCUT2D eigenvalue weighted by Crippen LogP contribution is 2.22. The fourth-order valence-electron chi connectivity index (χ4n) is 1.06. The SMILES string of the molecule is COCc1cccc(OC(F)(F)C(=O)O)c1. The van der Waals surface area contributed by atoms with Crippen molar-refractivity contribution >= 4 is 5.97 Å². The summed E-state index contributed by atoms with van der Waals surface area (Å²) in [5.41, 5.74) is 0.612. The number of methoxy groups -OCH3 is 1. The lowest BCUT2D eigenvalue weighted by Crippen LogP contribution is -2.34. The van der Waals surface area contributed by atoms with E-state index >= 15 is 0 Å². The van der Waals surface area contributed by atoms with Crippen molar-refractivity contribution < 1.29 is 28.2 Å². The molecular weight excluding hydrogens is 222 g/mol. The van der Waals surface area contributed by atoms with E-state index in [1.807, 2.05) is 0 Å². The van der Waals surface area contributed by atoms with Gasteiger partial charge in [-0.1, -0.05) is 12.1 Å². The van der Waals surface area contributed by atoms with Gasteiger partial charge in [-0.2, -0.15) is 8.78 Å². The fraction of sp³-hybridized carbons (Fsp3) is 0.300. The van der Waals surface area contributed by atoms with Crippen molar-refractivity contribution in [2.45, 2.75) is 12.7 Å². The average Bonchev–Trinajstić information content (AvgIpc) is 2.17. The third kappa shape index (κ3) is 3.16. The summed E-state index contributed by atoms with van der Waals surface area (Å²) >= 11 is 0. The Balaban J connectivity index is 2.81. The summed E-state index contributed by atoms with van der Waals surface area (Å²) in [4.78, 5) is 10.1. The monoisotopic (exact) mass is 232 g/mol. The number of carbonyl (C=O) groups is 1. The standard InChI is InChI=1S/C10H10F2O4/c1-15-6-7-3-2-4-8(5-7)16-10(11,12)9(13)14/h2-5H,6H2,1H3,(H,13,14). The van der Waals surface area contributed by atoms with Crippen LogP contribution >= 0.6 is 0 Å². The highest BCUT2D eigenvalue weighted by Gasteiger charge is 2.42. The van der Waals surface area contributed by atoms with E-state index < -0.39 is 12.1 Å². The maximum Gasteiger partial charge on any atom is 0.501 e. The number of alkyl halides is 2. The van der Waals surface area contributed by atoms with Gasteiger partial charge in [0.05, 0.1) is 6.61 Å². The Morgan fingerprint density at radius 1 is 1.50 bits per heavy atom. The summed E-state index contributed by atoms with van der Waals surface area (Å²) in [5, 5.41) is 8.18. The van der Waals surface area contributed by atoms with Gasteiger partial charge in [-0.25, -0.2) is 4.79 Å². The lowest BCUT2D eigenvalue weighted by atomic mass is 10.2. The molecule has 0 bridgehead atoms. The van der Waals surface area contributed by atoms with Crippen molar-refractivity contribution in [3.8, 4) is 5.75 Å². The van der Waals surface area contributed by atoms with E-state index in [-0.39, 0.29) is 12.4 Å². The summed E-state index contributed by atoms with van der Waals surface area (Å²) in [6.45, 7) is 0.232. The Labute approximate surface area is 90.4 Å². The Kier molecular flexibility index (Phi) is 3.78. The van der Waals surface area contributed by atoms with Crippen LogP contribution in [-0.2, 0) is 16.1 Å². The number of rotatable bonds is 5. The lowest BCUT2D eigenvalue weighted by Gasteiger charge is -2.13. The number of halogens is 2. The average molecular weight is 232 g/mol. The third-order valence-corrected chi connectivity index (χ3v) is 1.70. The number of benzene rings is 1. The predicted molar refractivity (Wildman–Crippen MR) is 50.4 cm³/mol. The van der Waals surface area contributed by atoms with E-state index in [2.05, 4.69) is 4.74 Å². The predicted octanol–water partition coefficient (Wildman–Crippen LogP) is 1.89. The van der Waals surface area contributed by atoms with E-state index in [9.17, 15) is 13.6 Å². The number of hydrogen-bond acceptors (Lipinski definition) is 3. The molecule has 0 atom stereocenters. The molecule has 0 spiro atoms. The molecule has 16 heavy (non-hydrogen) atoms. The molecule has 0 fully saturated rings. The van der Waals surface area contributed by atoms with Crippen molar-refractivity contribution in [1.82, 2.24) is 0 Å². The molecule has 1 aromatic rings. The third-order valence-electron chi connectivity index (χ3n) is 1.70. The van der Waals surface area contributed by atoms with Gasteiger partial charge in [-0.05, 0) is 17.7 Å². The first kappa shape index (κ1) is 12.4. The zero-order valence-corrected chi connectivity index (χ0v) is 8.44. The van der Waals surface area contributed by atoms with Gasteiger partial charge >= 0.3 is 12.1 Å². The lowest BCUT2D eigenvalue weighted by molar-refractivity contribution is -0.210. The van der Waals surface area contributed by atoms with Gasteiger partial charge in [0, 0.05) is 7.11 Å². The number of aliphatic carboxylic acids is 1. The first-order valence-corrected chi connectivity index (χ1v) is 4.34. The van der Waals surface area contributed by atoms with Crippen LogP contribution in [0, 0.1) is 0 Å². The molecule has 0 heterocycles. The van der Waals surface area contributed by atoms with Gasteiger partial charge in [-0.15, -0.1) is 0 Å². The molecule has 0 aliphatic heterocycles. The number of carboxylic acids is 1. The van der Waals surface area contributed by atoms with Crippen molar-refractivity contribution in [2.24, 2.45) is 0 Å². The molecule has 0 unspecified atom stereocenters. The molecular formula is C10H10F2O4. The summed E-state index contributed by atoms with van der Waals surface area (Å²) < 4.78 is 34.3. The normalized spacial score (nSPS) is 11.2. The van der Waals surface area contributed by atoms with Crippen LogP contribution in [0.5, 0.6) is 5.75 Å². The Hall–Kier alpha value is -1.69. The second kappa shape index (κ2) is 4.89. The van der Waals surface area contributed by atoms with Crippen LogP contribution in [-0.4, -0.2) is 24.3 Å². The largest absolute Gasteiger partial charge is 0.501 e. The van der Waals surface area contributed by atoms with Crippen LogP contribution in [0.25, 0.3) is 0 Å². The van der Waals surface area contributed by atoms with Gasteiger partial charge in [0.15, 0.2) is 0 Å². The molecule has 1 aromatic carbocycles. The van der Waals surface area contributed by atoms with Gasteiger partial charge in [0.1, 0.15) is 5.75 Å². The van der Waals surface area contributed by atoms with E-state index in [1.54, 1.807) is 6.07 Å². The topological polar surface area (TPSA) is 55.8 Å².